The summed E-state index contributed by atoms with van der Waals surface area (Å²) in [6.45, 7) is 4.38. The molecule has 5 nitrogen and oxygen atoms in total. The Kier molecular flexibility index (Phi) is 4.68. The molecule has 0 aliphatic carbocycles. The van der Waals surface area contributed by atoms with Gasteiger partial charge in [0.05, 0.1) is 6.54 Å². The van der Waals surface area contributed by atoms with Crippen molar-refractivity contribution in [2.45, 2.75) is 26.6 Å². The highest BCUT2D eigenvalue weighted by molar-refractivity contribution is 7.10. The second-order valence-corrected chi connectivity index (χ2v) is 6.04. The van der Waals surface area contributed by atoms with Crippen LogP contribution in [0.3, 0.4) is 0 Å². The maximum Gasteiger partial charge on any atom is 0.230 e. The van der Waals surface area contributed by atoms with Crippen molar-refractivity contribution in [1.82, 2.24) is 20.0 Å². The van der Waals surface area contributed by atoms with Gasteiger partial charge in [-0.2, -0.15) is 0 Å². The van der Waals surface area contributed by atoms with E-state index in [-0.39, 0.29) is 0 Å². The van der Waals surface area contributed by atoms with Gasteiger partial charge in [0.15, 0.2) is 0 Å². The quantitative estimate of drug-likeness (QED) is 0.811. The molecule has 0 amide bonds. The van der Waals surface area contributed by atoms with Crippen molar-refractivity contribution in [1.29, 1.82) is 0 Å². The standard InChI is InChI=1S/C13H20N4OS/c1-10-14-15-13(18-10)8-17(4)7-12-5-11(9-19-12)6-16(2)3/h5,9H,6-8H2,1-4H3. The van der Waals surface area contributed by atoms with Crippen molar-refractivity contribution in [2.24, 2.45) is 0 Å². The Morgan fingerprint density at radius 2 is 1.95 bits per heavy atom. The Labute approximate surface area is 117 Å². The molecule has 0 aliphatic heterocycles. The SMILES string of the molecule is Cc1nnc(CN(C)Cc2cc(CN(C)C)cs2)o1. The molecule has 19 heavy (non-hydrogen) atoms. The van der Waals surface area contributed by atoms with Crippen molar-refractivity contribution < 1.29 is 4.42 Å². The minimum atomic E-state index is 0.618. The van der Waals surface area contributed by atoms with Gasteiger partial charge in [0.1, 0.15) is 0 Å². The molecule has 0 bridgehead atoms. The van der Waals surface area contributed by atoms with Gasteiger partial charge in [0.2, 0.25) is 11.8 Å². The van der Waals surface area contributed by atoms with E-state index in [0.717, 1.165) is 13.1 Å². The van der Waals surface area contributed by atoms with Crippen molar-refractivity contribution in [3.63, 3.8) is 0 Å². The Morgan fingerprint density at radius 3 is 2.58 bits per heavy atom. The first-order chi connectivity index (χ1) is 9.02. The highest BCUT2D eigenvalue weighted by atomic mass is 32.1. The zero-order chi connectivity index (χ0) is 13.8. The number of thiophene rings is 1. The van der Waals surface area contributed by atoms with Gasteiger partial charge in [-0.1, -0.05) is 0 Å². The van der Waals surface area contributed by atoms with Crippen LogP contribution in [0.25, 0.3) is 0 Å². The molecular formula is C13H20N4OS. The highest BCUT2D eigenvalue weighted by Crippen LogP contribution is 2.18. The fourth-order valence-corrected chi connectivity index (χ4v) is 2.87. The highest BCUT2D eigenvalue weighted by Gasteiger charge is 2.09. The van der Waals surface area contributed by atoms with Crippen LogP contribution in [0.5, 0.6) is 0 Å². The van der Waals surface area contributed by atoms with Crippen LogP contribution in [0.2, 0.25) is 0 Å². The summed E-state index contributed by atoms with van der Waals surface area (Å²) < 4.78 is 5.38. The summed E-state index contributed by atoms with van der Waals surface area (Å²) in [5, 5.41) is 10.1. The van der Waals surface area contributed by atoms with Crippen LogP contribution >= 0.6 is 11.3 Å². The van der Waals surface area contributed by atoms with Gasteiger partial charge in [-0.25, -0.2) is 0 Å². The summed E-state index contributed by atoms with van der Waals surface area (Å²) in [4.78, 5) is 5.71. The Morgan fingerprint density at radius 1 is 1.16 bits per heavy atom. The van der Waals surface area contributed by atoms with Crippen LogP contribution in [0.1, 0.15) is 22.2 Å². The summed E-state index contributed by atoms with van der Waals surface area (Å²) in [6, 6.07) is 2.26. The van der Waals surface area contributed by atoms with Gasteiger partial charge in [0, 0.05) is 24.9 Å². The van der Waals surface area contributed by atoms with Gasteiger partial charge >= 0.3 is 0 Å². The summed E-state index contributed by atoms with van der Waals surface area (Å²) in [5.41, 5.74) is 1.37. The molecule has 0 saturated carbocycles. The van der Waals surface area contributed by atoms with Crippen LogP contribution in [-0.4, -0.2) is 41.1 Å². The lowest BCUT2D eigenvalue weighted by molar-refractivity contribution is 0.281. The third-order valence-electron chi connectivity index (χ3n) is 2.61. The predicted octanol–water partition coefficient (Wildman–Crippen LogP) is 2.13. The monoisotopic (exact) mass is 280 g/mol. The third kappa shape index (κ3) is 4.41. The number of nitrogens with zero attached hydrogens (tertiary/aromatic N) is 4. The number of hydrogen-bond acceptors (Lipinski definition) is 6. The second-order valence-electron chi connectivity index (χ2n) is 5.05. The zero-order valence-corrected chi connectivity index (χ0v) is 12.7. The first-order valence-electron chi connectivity index (χ1n) is 6.21. The minimum absolute atomic E-state index is 0.618. The number of aromatic nitrogens is 2. The summed E-state index contributed by atoms with van der Waals surface area (Å²) in [6.07, 6.45) is 0. The maximum atomic E-state index is 5.38. The Hall–Kier alpha value is -1.24. The molecule has 2 heterocycles. The molecule has 0 unspecified atom stereocenters. The van der Waals surface area contributed by atoms with E-state index >= 15 is 0 Å². The van der Waals surface area contributed by atoms with Crippen LogP contribution in [0.4, 0.5) is 0 Å². The average molecular weight is 280 g/mol. The normalized spacial score (nSPS) is 11.7. The lowest BCUT2D eigenvalue weighted by Gasteiger charge is -2.12. The molecule has 0 spiro atoms. The Balaban J connectivity index is 1.88. The number of hydrogen-bond donors (Lipinski definition) is 0. The molecular weight excluding hydrogens is 260 g/mol. The summed E-state index contributed by atoms with van der Waals surface area (Å²) >= 11 is 1.80. The van der Waals surface area contributed by atoms with Crippen LogP contribution in [-0.2, 0) is 19.6 Å². The van der Waals surface area contributed by atoms with E-state index in [9.17, 15) is 0 Å². The molecule has 104 valence electrons. The third-order valence-corrected chi connectivity index (χ3v) is 3.58. The van der Waals surface area contributed by atoms with Gasteiger partial charge < -0.3 is 9.32 Å². The number of rotatable bonds is 6. The van der Waals surface area contributed by atoms with Crippen molar-refractivity contribution in [2.75, 3.05) is 21.1 Å². The first kappa shape index (κ1) is 14.2. The smallest absolute Gasteiger partial charge is 0.230 e. The molecule has 6 heteroatoms. The van der Waals surface area contributed by atoms with Crippen LogP contribution in [0.15, 0.2) is 15.9 Å². The largest absolute Gasteiger partial charge is 0.424 e. The Bertz CT molecular complexity index is 520. The van der Waals surface area contributed by atoms with E-state index < -0.39 is 0 Å². The molecule has 0 N–H and O–H groups in total. The van der Waals surface area contributed by atoms with Gasteiger partial charge in [-0.05, 0) is 38.2 Å². The molecule has 0 saturated heterocycles. The van der Waals surface area contributed by atoms with Gasteiger partial charge in [-0.3, -0.25) is 4.90 Å². The van der Waals surface area contributed by atoms with E-state index in [1.165, 1.54) is 10.4 Å². The lowest BCUT2D eigenvalue weighted by Crippen LogP contribution is -2.16. The van der Waals surface area contributed by atoms with E-state index in [4.69, 9.17) is 4.42 Å². The molecule has 0 aliphatic rings. The number of aryl methyl sites for hydroxylation is 1. The van der Waals surface area contributed by atoms with E-state index in [1.807, 2.05) is 6.92 Å². The zero-order valence-electron chi connectivity index (χ0n) is 11.9. The molecule has 0 atom stereocenters. The summed E-state index contributed by atoms with van der Waals surface area (Å²) in [5.74, 6) is 1.29. The average Bonchev–Trinajstić information content (AvgIpc) is 2.88. The van der Waals surface area contributed by atoms with E-state index in [1.54, 1.807) is 11.3 Å². The topological polar surface area (TPSA) is 45.4 Å². The lowest BCUT2D eigenvalue weighted by atomic mass is 10.3. The van der Waals surface area contributed by atoms with E-state index in [0.29, 0.717) is 18.3 Å². The predicted molar refractivity (Wildman–Crippen MR) is 75.9 cm³/mol. The molecule has 0 fully saturated rings. The van der Waals surface area contributed by atoms with Crippen LogP contribution in [0, 0.1) is 6.92 Å². The molecule has 0 aromatic carbocycles. The fourth-order valence-electron chi connectivity index (χ4n) is 1.91. The molecule has 2 aromatic heterocycles. The molecule has 0 radical (unpaired) electrons. The summed E-state index contributed by atoms with van der Waals surface area (Å²) in [7, 11) is 6.23. The van der Waals surface area contributed by atoms with Crippen molar-refractivity contribution in [3.05, 3.63) is 33.7 Å². The molecule has 2 aromatic rings. The first-order valence-corrected chi connectivity index (χ1v) is 7.09. The minimum Gasteiger partial charge on any atom is -0.424 e. The van der Waals surface area contributed by atoms with Crippen LogP contribution < -0.4 is 0 Å². The van der Waals surface area contributed by atoms with Crippen molar-refractivity contribution in [3.8, 4) is 0 Å². The fraction of sp³-hybridized carbons (Fsp3) is 0.538. The van der Waals surface area contributed by atoms with E-state index in [2.05, 4.69) is 52.6 Å². The molecule has 2 rings (SSSR count). The maximum absolute atomic E-state index is 5.38. The van der Waals surface area contributed by atoms with Gasteiger partial charge in [-0.15, -0.1) is 21.5 Å². The second kappa shape index (κ2) is 6.27. The van der Waals surface area contributed by atoms with Crippen molar-refractivity contribution >= 4 is 11.3 Å². The van der Waals surface area contributed by atoms with Gasteiger partial charge in [0.25, 0.3) is 0 Å².